The van der Waals surface area contributed by atoms with E-state index in [9.17, 15) is 0 Å². The first-order valence-corrected chi connectivity index (χ1v) is 5.02. The third-order valence-electron chi connectivity index (χ3n) is 0.860. The number of hydrogen-bond acceptors (Lipinski definition) is 3. The van der Waals surface area contributed by atoms with E-state index in [1.54, 1.807) is 11.3 Å². The highest BCUT2D eigenvalue weighted by Crippen LogP contribution is 2.15. The number of halogens is 1. The Balaban J connectivity index is 2.67. The van der Waals surface area contributed by atoms with Crippen molar-refractivity contribution in [3.8, 4) is 0 Å². The van der Waals surface area contributed by atoms with Crippen molar-refractivity contribution >= 4 is 46.0 Å². The fourth-order valence-corrected chi connectivity index (χ4v) is 1.79. The predicted octanol–water partition coefficient (Wildman–Crippen LogP) is 2.85. The standard InChI is InChI=1S/C6H6BrNS2/c7-5-4-10-6(8-5)2-1-3-9/h1-2,4,9H,3H2. The van der Waals surface area contributed by atoms with E-state index < -0.39 is 0 Å². The van der Waals surface area contributed by atoms with Gasteiger partial charge in [0.15, 0.2) is 0 Å². The van der Waals surface area contributed by atoms with Gasteiger partial charge in [0.25, 0.3) is 0 Å². The third-order valence-corrected chi connectivity index (χ3v) is 2.59. The largest absolute Gasteiger partial charge is 0.230 e. The van der Waals surface area contributed by atoms with Gasteiger partial charge in [-0.1, -0.05) is 6.08 Å². The summed E-state index contributed by atoms with van der Waals surface area (Å²) in [5, 5.41) is 2.97. The van der Waals surface area contributed by atoms with E-state index >= 15 is 0 Å². The number of aromatic nitrogens is 1. The molecule has 1 rings (SSSR count). The molecule has 0 unspecified atom stereocenters. The highest BCUT2D eigenvalue weighted by Gasteiger charge is 1.91. The summed E-state index contributed by atoms with van der Waals surface area (Å²) in [7, 11) is 0. The molecule has 0 saturated heterocycles. The molecule has 0 radical (unpaired) electrons. The van der Waals surface area contributed by atoms with Gasteiger partial charge in [-0.25, -0.2) is 4.98 Å². The molecule has 1 aromatic heterocycles. The van der Waals surface area contributed by atoms with Crippen molar-refractivity contribution in [2.24, 2.45) is 0 Å². The average molecular weight is 236 g/mol. The molecule has 0 saturated carbocycles. The first kappa shape index (κ1) is 8.30. The van der Waals surface area contributed by atoms with Gasteiger partial charge in [-0.05, 0) is 22.0 Å². The lowest BCUT2D eigenvalue weighted by atomic mass is 10.5. The number of hydrogen-bond donors (Lipinski definition) is 1. The first-order chi connectivity index (χ1) is 4.83. The topological polar surface area (TPSA) is 12.9 Å². The van der Waals surface area contributed by atoms with Crippen LogP contribution in [0.1, 0.15) is 5.01 Å². The highest BCUT2D eigenvalue weighted by atomic mass is 79.9. The summed E-state index contributed by atoms with van der Waals surface area (Å²) >= 11 is 8.92. The lowest BCUT2D eigenvalue weighted by Crippen LogP contribution is -1.67. The maximum Gasteiger partial charge on any atom is 0.117 e. The summed E-state index contributed by atoms with van der Waals surface area (Å²) in [5.74, 6) is 0.761. The summed E-state index contributed by atoms with van der Waals surface area (Å²) in [4.78, 5) is 4.16. The molecular weight excluding hydrogens is 230 g/mol. The summed E-state index contributed by atoms with van der Waals surface area (Å²) < 4.78 is 0.899. The van der Waals surface area contributed by atoms with Gasteiger partial charge in [0.1, 0.15) is 9.61 Å². The van der Waals surface area contributed by atoms with Crippen molar-refractivity contribution in [2.45, 2.75) is 0 Å². The molecule has 1 heterocycles. The molecule has 0 aromatic carbocycles. The maximum atomic E-state index is 4.16. The molecule has 0 N–H and O–H groups in total. The Labute approximate surface area is 77.7 Å². The second-order valence-electron chi connectivity index (χ2n) is 1.59. The van der Waals surface area contributed by atoms with Crippen LogP contribution in [-0.4, -0.2) is 10.7 Å². The molecule has 0 aliphatic heterocycles. The van der Waals surface area contributed by atoms with E-state index in [1.165, 1.54) is 0 Å². The fraction of sp³-hybridized carbons (Fsp3) is 0.167. The number of nitrogens with zero attached hydrogens (tertiary/aromatic N) is 1. The fourth-order valence-electron chi connectivity index (χ4n) is 0.497. The Hall–Kier alpha value is 0.200. The van der Waals surface area contributed by atoms with E-state index in [0.717, 1.165) is 15.4 Å². The van der Waals surface area contributed by atoms with E-state index in [0.29, 0.717) is 0 Å². The van der Waals surface area contributed by atoms with Crippen LogP contribution in [-0.2, 0) is 0 Å². The number of thiol groups is 1. The van der Waals surface area contributed by atoms with Crippen LogP contribution < -0.4 is 0 Å². The SMILES string of the molecule is SCC=Cc1nc(Br)cs1. The number of rotatable bonds is 2. The Kier molecular flexibility index (Phi) is 3.45. The van der Waals surface area contributed by atoms with Crippen LogP contribution in [0.2, 0.25) is 0 Å². The van der Waals surface area contributed by atoms with Gasteiger partial charge in [0.2, 0.25) is 0 Å². The molecule has 0 amide bonds. The molecule has 0 atom stereocenters. The Morgan fingerprint density at radius 3 is 3.10 bits per heavy atom. The molecule has 54 valence electrons. The zero-order chi connectivity index (χ0) is 7.40. The lowest BCUT2D eigenvalue weighted by molar-refractivity contribution is 1.34. The van der Waals surface area contributed by atoms with Gasteiger partial charge in [-0.15, -0.1) is 11.3 Å². The minimum absolute atomic E-state index is 0.761. The molecule has 1 nitrogen and oxygen atoms in total. The molecule has 0 fully saturated rings. The van der Waals surface area contributed by atoms with E-state index in [-0.39, 0.29) is 0 Å². The Bertz CT molecular complexity index is 231. The van der Waals surface area contributed by atoms with Gasteiger partial charge in [-0.3, -0.25) is 0 Å². The van der Waals surface area contributed by atoms with Crippen LogP contribution in [0.25, 0.3) is 6.08 Å². The van der Waals surface area contributed by atoms with Crippen LogP contribution in [0.5, 0.6) is 0 Å². The minimum Gasteiger partial charge on any atom is -0.230 e. The second kappa shape index (κ2) is 4.16. The van der Waals surface area contributed by atoms with Crippen LogP contribution in [0.4, 0.5) is 0 Å². The molecule has 10 heavy (non-hydrogen) atoms. The van der Waals surface area contributed by atoms with Gasteiger partial charge in [0.05, 0.1) is 0 Å². The smallest absolute Gasteiger partial charge is 0.117 e. The van der Waals surface area contributed by atoms with Crippen LogP contribution in [0.3, 0.4) is 0 Å². The molecule has 0 aliphatic rings. The molecule has 0 aliphatic carbocycles. The van der Waals surface area contributed by atoms with E-state index in [1.807, 2.05) is 17.5 Å². The zero-order valence-electron chi connectivity index (χ0n) is 5.12. The predicted molar refractivity (Wildman–Crippen MR) is 52.7 cm³/mol. The van der Waals surface area contributed by atoms with Gasteiger partial charge in [0, 0.05) is 11.1 Å². The third kappa shape index (κ3) is 2.44. The summed E-state index contributed by atoms with van der Waals surface area (Å²) in [6, 6.07) is 0. The van der Waals surface area contributed by atoms with Gasteiger partial charge >= 0.3 is 0 Å². The molecule has 1 aromatic rings. The van der Waals surface area contributed by atoms with Crippen molar-refractivity contribution in [1.82, 2.24) is 4.98 Å². The summed E-state index contributed by atoms with van der Waals surface area (Å²) in [6.07, 6.45) is 3.93. The first-order valence-electron chi connectivity index (χ1n) is 2.71. The second-order valence-corrected chi connectivity index (χ2v) is 3.66. The van der Waals surface area contributed by atoms with Crippen LogP contribution >= 0.6 is 39.9 Å². The highest BCUT2D eigenvalue weighted by molar-refractivity contribution is 9.10. The van der Waals surface area contributed by atoms with Crippen LogP contribution in [0, 0.1) is 0 Å². The average Bonchev–Trinajstić information content (AvgIpc) is 2.31. The van der Waals surface area contributed by atoms with Gasteiger partial charge in [-0.2, -0.15) is 12.6 Å². The Morgan fingerprint density at radius 1 is 1.80 bits per heavy atom. The maximum absolute atomic E-state index is 4.16. The number of thiazole rings is 1. The molecular formula is C6H6BrNS2. The minimum atomic E-state index is 0.761. The molecule has 0 spiro atoms. The molecule has 0 bridgehead atoms. The van der Waals surface area contributed by atoms with Gasteiger partial charge < -0.3 is 0 Å². The van der Waals surface area contributed by atoms with E-state index in [4.69, 9.17) is 0 Å². The van der Waals surface area contributed by atoms with E-state index in [2.05, 4.69) is 33.5 Å². The summed E-state index contributed by atoms with van der Waals surface area (Å²) in [6.45, 7) is 0. The Morgan fingerprint density at radius 2 is 2.60 bits per heavy atom. The lowest BCUT2D eigenvalue weighted by Gasteiger charge is -1.78. The van der Waals surface area contributed by atoms with Crippen molar-refractivity contribution in [3.05, 3.63) is 21.1 Å². The quantitative estimate of drug-likeness (QED) is 0.779. The van der Waals surface area contributed by atoms with Crippen molar-refractivity contribution in [1.29, 1.82) is 0 Å². The van der Waals surface area contributed by atoms with Crippen molar-refractivity contribution in [2.75, 3.05) is 5.75 Å². The summed E-state index contributed by atoms with van der Waals surface area (Å²) in [5.41, 5.74) is 0. The van der Waals surface area contributed by atoms with Crippen LogP contribution in [0.15, 0.2) is 16.1 Å². The normalized spacial score (nSPS) is 11.0. The van der Waals surface area contributed by atoms with Crippen molar-refractivity contribution in [3.63, 3.8) is 0 Å². The monoisotopic (exact) mass is 235 g/mol. The zero-order valence-corrected chi connectivity index (χ0v) is 8.42. The molecule has 4 heteroatoms. The van der Waals surface area contributed by atoms with Crippen molar-refractivity contribution < 1.29 is 0 Å².